The smallest absolute Gasteiger partial charge is 0.258 e. The Morgan fingerprint density at radius 3 is 2.55 bits per heavy atom. The Morgan fingerprint density at radius 2 is 1.95 bits per heavy atom. The fourth-order valence-corrected chi connectivity index (χ4v) is 2.10. The topological polar surface area (TPSA) is 64.3 Å². The monoisotopic (exact) mass is 334 g/mol. The zero-order valence-corrected chi connectivity index (χ0v) is 12.6. The van der Waals surface area contributed by atoms with Gasteiger partial charge in [-0.3, -0.25) is 4.79 Å². The van der Waals surface area contributed by atoms with Gasteiger partial charge in [0.2, 0.25) is 0 Å². The molecular weight excluding hydrogens is 320 g/mol. The van der Waals surface area contributed by atoms with Gasteiger partial charge < -0.3 is 15.8 Å². The van der Waals surface area contributed by atoms with E-state index in [1.807, 2.05) is 30.3 Å². The van der Waals surface area contributed by atoms with Crippen molar-refractivity contribution in [2.45, 2.75) is 6.10 Å². The highest BCUT2D eigenvalue weighted by molar-refractivity contribution is 9.10. The molecule has 104 valence electrons. The number of nitrogens with two attached hydrogens (primary N) is 1. The summed E-state index contributed by atoms with van der Waals surface area (Å²) in [6.45, 7) is 0. The fraction of sp³-hybridized carbons (Fsp3) is 0.133. The van der Waals surface area contributed by atoms with Crippen molar-refractivity contribution >= 4 is 33.2 Å². The zero-order valence-electron chi connectivity index (χ0n) is 11.0. The first-order valence-electron chi connectivity index (χ1n) is 6.05. The average molecular weight is 335 g/mol. The highest BCUT2D eigenvalue weighted by atomic mass is 79.9. The number of methoxy groups -OCH3 is 1. The van der Waals surface area contributed by atoms with Gasteiger partial charge in [-0.05, 0) is 39.7 Å². The molecule has 5 heteroatoms. The summed E-state index contributed by atoms with van der Waals surface area (Å²) in [6.07, 6.45) is -0.652. The molecule has 1 unspecified atom stereocenters. The largest absolute Gasteiger partial charge is 0.398 e. The number of nitrogens with one attached hydrogen (secondary N) is 1. The van der Waals surface area contributed by atoms with Crippen LogP contribution in [0.5, 0.6) is 0 Å². The van der Waals surface area contributed by atoms with Crippen LogP contribution < -0.4 is 11.1 Å². The molecule has 0 saturated carbocycles. The van der Waals surface area contributed by atoms with Crippen LogP contribution in [-0.2, 0) is 9.53 Å². The van der Waals surface area contributed by atoms with Gasteiger partial charge >= 0.3 is 0 Å². The number of halogens is 1. The summed E-state index contributed by atoms with van der Waals surface area (Å²) in [4.78, 5) is 12.3. The van der Waals surface area contributed by atoms with Gasteiger partial charge in [-0.2, -0.15) is 0 Å². The number of ether oxygens (including phenoxy) is 1. The minimum Gasteiger partial charge on any atom is -0.398 e. The molecule has 0 aliphatic heterocycles. The molecule has 3 N–H and O–H groups in total. The Balaban J connectivity index is 2.15. The summed E-state index contributed by atoms with van der Waals surface area (Å²) in [5.74, 6) is -0.236. The molecular formula is C15H15BrN2O2. The highest BCUT2D eigenvalue weighted by Crippen LogP contribution is 2.24. The number of amides is 1. The molecule has 1 amide bonds. The zero-order chi connectivity index (χ0) is 14.5. The van der Waals surface area contributed by atoms with Crippen LogP contribution in [0.25, 0.3) is 0 Å². The maximum atomic E-state index is 12.3. The summed E-state index contributed by atoms with van der Waals surface area (Å²) in [6, 6.07) is 14.6. The minimum atomic E-state index is -0.652. The van der Waals surface area contributed by atoms with Crippen LogP contribution in [0.4, 0.5) is 11.4 Å². The summed E-state index contributed by atoms with van der Waals surface area (Å²) < 4.78 is 6.07. The maximum Gasteiger partial charge on any atom is 0.258 e. The van der Waals surface area contributed by atoms with Gasteiger partial charge in [0.05, 0.1) is 0 Å². The van der Waals surface area contributed by atoms with E-state index < -0.39 is 6.10 Å². The van der Waals surface area contributed by atoms with E-state index in [4.69, 9.17) is 10.5 Å². The molecule has 0 fully saturated rings. The van der Waals surface area contributed by atoms with Gasteiger partial charge in [0.15, 0.2) is 6.10 Å². The van der Waals surface area contributed by atoms with Crippen LogP contribution in [-0.4, -0.2) is 13.0 Å². The fourth-order valence-electron chi connectivity index (χ4n) is 1.85. The predicted octanol–water partition coefficient (Wildman–Crippen LogP) is 3.36. The molecule has 1 atom stereocenters. The molecule has 4 nitrogen and oxygen atoms in total. The number of rotatable bonds is 4. The summed E-state index contributed by atoms with van der Waals surface area (Å²) in [5.41, 5.74) is 7.79. The lowest BCUT2D eigenvalue weighted by molar-refractivity contribution is -0.126. The van der Waals surface area contributed by atoms with Crippen molar-refractivity contribution in [1.29, 1.82) is 0 Å². The lowest BCUT2D eigenvalue weighted by atomic mass is 10.1. The van der Waals surface area contributed by atoms with Crippen molar-refractivity contribution in [2.75, 3.05) is 18.2 Å². The Morgan fingerprint density at radius 1 is 1.25 bits per heavy atom. The molecule has 2 rings (SSSR count). The average Bonchev–Trinajstić information content (AvgIpc) is 2.45. The van der Waals surface area contributed by atoms with Crippen molar-refractivity contribution in [3.8, 4) is 0 Å². The van der Waals surface area contributed by atoms with Gasteiger partial charge in [0.1, 0.15) is 0 Å². The third-order valence-corrected chi connectivity index (χ3v) is 3.56. The van der Waals surface area contributed by atoms with Crippen molar-refractivity contribution in [1.82, 2.24) is 0 Å². The van der Waals surface area contributed by atoms with E-state index in [0.717, 1.165) is 10.0 Å². The van der Waals surface area contributed by atoms with E-state index in [1.54, 1.807) is 18.2 Å². The van der Waals surface area contributed by atoms with E-state index >= 15 is 0 Å². The maximum absolute atomic E-state index is 12.3. The van der Waals surface area contributed by atoms with Gasteiger partial charge in [-0.25, -0.2) is 0 Å². The number of nitrogen functional groups attached to an aromatic ring is 1. The first kappa shape index (κ1) is 14.6. The second kappa shape index (κ2) is 6.54. The summed E-state index contributed by atoms with van der Waals surface area (Å²) in [5, 5.41) is 2.79. The molecule has 0 aliphatic rings. The number of carbonyl (C=O) groups is 1. The molecule has 0 saturated heterocycles. The molecule has 0 aliphatic carbocycles. The second-order valence-electron chi connectivity index (χ2n) is 4.25. The number of carbonyl (C=O) groups excluding carboxylic acids is 1. The Hall–Kier alpha value is -1.85. The lowest BCUT2D eigenvalue weighted by Gasteiger charge is -2.16. The Labute approximate surface area is 126 Å². The number of hydrogen-bond donors (Lipinski definition) is 2. The predicted molar refractivity (Wildman–Crippen MR) is 83.4 cm³/mol. The van der Waals surface area contributed by atoms with Crippen LogP contribution in [0.2, 0.25) is 0 Å². The first-order chi connectivity index (χ1) is 9.61. The van der Waals surface area contributed by atoms with Crippen molar-refractivity contribution in [3.63, 3.8) is 0 Å². The van der Waals surface area contributed by atoms with Crippen LogP contribution in [0, 0.1) is 0 Å². The molecule has 2 aromatic rings. The number of hydrogen-bond acceptors (Lipinski definition) is 3. The number of anilines is 2. The van der Waals surface area contributed by atoms with E-state index in [2.05, 4.69) is 21.2 Å². The molecule has 0 spiro atoms. The number of benzene rings is 2. The van der Waals surface area contributed by atoms with E-state index in [9.17, 15) is 4.79 Å². The van der Waals surface area contributed by atoms with E-state index in [0.29, 0.717) is 11.4 Å². The summed E-state index contributed by atoms with van der Waals surface area (Å²) >= 11 is 3.31. The van der Waals surface area contributed by atoms with Crippen LogP contribution in [0.3, 0.4) is 0 Å². The van der Waals surface area contributed by atoms with Gasteiger partial charge in [-0.1, -0.05) is 30.3 Å². The van der Waals surface area contributed by atoms with Crippen LogP contribution >= 0.6 is 15.9 Å². The Bertz CT molecular complexity index is 602. The van der Waals surface area contributed by atoms with Crippen molar-refractivity contribution < 1.29 is 9.53 Å². The molecule has 20 heavy (non-hydrogen) atoms. The molecule has 0 heterocycles. The molecule has 0 bridgehead atoms. The van der Waals surface area contributed by atoms with Crippen LogP contribution in [0.1, 0.15) is 11.7 Å². The third kappa shape index (κ3) is 3.37. The van der Waals surface area contributed by atoms with Gasteiger partial charge in [0.25, 0.3) is 5.91 Å². The van der Waals surface area contributed by atoms with Crippen molar-refractivity contribution in [2.24, 2.45) is 0 Å². The third-order valence-electron chi connectivity index (χ3n) is 2.84. The standard InChI is InChI=1S/C15H15BrN2O2/c1-20-14(10-5-3-2-4-6-10)15(19)18-11-7-8-12(16)13(17)9-11/h2-9,14H,17H2,1H3,(H,18,19). The normalized spacial score (nSPS) is 11.9. The lowest BCUT2D eigenvalue weighted by Crippen LogP contribution is -2.22. The quantitative estimate of drug-likeness (QED) is 0.842. The molecule has 0 radical (unpaired) electrons. The highest BCUT2D eigenvalue weighted by Gasteiger charge is 2.19. The second-order valence-corrected chi connectivity index (χ2v) is 5.11. The minimum absolute atomic E-state index is 0.236. The van der Waals surface area contributed by atoms with E-state index in [1.165, 1.54) is 7.11 Å². The Kier molecular flexibility index (Phi) is 4.76. The van der Waals surface area contributed by atoms with E-state index in [-0.39, 0.29) is 5.91 Å². The van der Waals surface area contributed by atoms with Crippen LogP contribution in [0.15, 0.2) is 53.0 Å². The molecule has 2 aromatic carbocycles. The SMILES string of the molecule is COC(C(=O)Nc1ccc(Br)c(N)c1)c1ccccc1. The summed E-state index contributed by atoms with van der Waals surface area (Å²) in [7, 11) is 1.51. The first-order valence-corrected chi connectivity index (χ1v) is 6.84. The van der Waals surface area contributed by atoms with Crippen molar-refractivity contribution in [3.05, 3.63) is 58.6 Å². The van der Waals surface area contributed by atoms with Gasteiger partial charge in [0, 0.05) is 23.0 Å². The van der Waals surface area contributed by atoms with Gasteiger partial charge in [-0.15, -0.1) is 0 Å². The molecule has 0 aromatic heterocycles.